The maximum absolute atomic E-state index is 10.8. The third kappa shape index (κ3) is 2.15. The predicted octanol–water partition coefficient (Wildman–Crippen LogP) is 2.95. The molecule has 0 aliphatic heterocycles. The second-order valence-corrected chi connectivity index (χ2v) is 4.14. The van der Waals surface area contributed by atoms with E-state index in [4.69, 9.17) is 0 Å². The Morgan fingerprint density at radius 3 is 2.74 bits per heavy atom. The number of hydrogen-bond donors (Lipinski definition) is 1. The standard InChI is InChI=1S/C15H11N3O/c19-10-11-3-1-4-12(7-11)14-9-17-18-15(14)13-5-2-6-16-8-13/h1-10H,(H,17,18). The van der Waals surface area contributed by atoms with Gasteiger partial charge in [0.25, 0.3) is 0 Å². The highest BCUT2D eigenvalue weighted by molar-refractivity contribution is 5.84. The molecule has 1 aromatic carbocycles. The number of pyridine rings is 1. The number of nitrogens with zero attached hydrogens (tertiary/aromatic N) is 2. The van der Waals surface area contributed by atoms with Crippen molar-refractivity contribution in [3.05, 3.63) is 60.6 Å². The van der Waals surface area contributed by atoms with Crippen molar-refractivity contribution in [1.82, 2.24) is 15.2 Å². The molecule has 4 heteroatoms. The van der Waals surface area contributed by atoms with Gasteiger partial charge in [0.05, 0.1) is 11.9 Å². The van der Waals surface area contributed by atoms with Gasteiger partial charge in [-0.3, -0.25) is 14.9 Å². The van der Waals surface area contributed by atoms with Crippen LogP contribution in [-0.4, -0.2) is 21.5 Å². The molecule has 3 aromatic rings. The van der Waals surface area contributed by atoms with Crippen LogP contribution in [0, 0.1) is 0 Å². The van der Waals surface area contributed by atoms with Crippen molar-refractivity contribution in [2.24, 2.45) is 0 Å². The maximum atomic E-state index is 10.8. The van der Waals surface area contributed by atoms with Gasteiger partial charge in [0.2, 0.25) is 0 Å². The summed E-state index contributed by atoms with van der Waals surface area (Å²) in [5, 5.41) is 7.07. The fourth-order valence-corrected chi connectivity index (χ4v) is 2.02. The summed E-state index contributed by atoms with van der Waals surface area (Å²) in [5.41, 5.74) is 4.42. The number of H-pyrrole nitrogens is 1. The van der Waals surface area contributed by atoms with E-state index in [1.165, 1.54) is 0 Å². The Morgan fingerprint density at radius 1 is 1.05 bits per heavy atom. The molecule has 0 aliphatic rings. The van der Waals surface area contributed by atoms with E-state index in [0.717, 1.165) is 28.7 Å². The van der Waals surface area contributed by atoms with Crippen molar-refractivity contribution in [2.75, 3.05) is 0 Å². The number of aromatic amines is 1. The maximum Gasteiger partial charge on any atom is 0.150 e. The van der Waals surface area contributed by atoms with Crippen molar-refractivity contribution in [3.63, 3.8) is 0 Å². The molecule has 19 heavy (non-hydrogen) atoms. The highest BCUT2D eigenvalue weighted by Gasteiger charge is 2.10. The molecular weight excluding hydrogens is 238 g/mol. The van der Waals surface area contributed by atoms with Crippen molar-refractivity contribution >= 4 is 6.29 Å². The van der Waals surface area contributed by atoms with Crippen LogP contribution in [0.1, 0.15) is 10.4 Å². The molecule has 0 fully saturated rings. The fraction of sp³-hybridized carbons (Fsp3) is 0. The second-order valence-electron chi connectivity index (χ2n) is 4.14. The van der Waals surface area contributed by atoms with Gasteiger partial charge in [-0.2, -0.15) is 5.10 Å². The molecular formula is C15H11N3O. The fourth-order valence-electron chi connectivity index (χ4n) is 2.02. The van der Waals surface area contributed by atoms with Crippen molar-refractivity contribution in [2.45, 2.75) is 0 Å². The third-order valence-electron chi connectivity index (χ3n) is 2.92. The molecule has 92 valence electrons. The Kier molecular flexibility index (Phi) is 2.90. The van der Waals surface area contributed by atoms with Gasteiger partial charge in [0, 0.05) is 29.1 Å². The van der Waals surface area contributed by atoms with Gasteiger partial charge >= 0.3 is 0 Å². The zero-order valence-corrected chi connectivity index (χ0v) is 10.1. The van der Waals surface area contributed by atoms with Gasteiger partial charge in [-0.05, 0) is 23.8 Å². The largest absolute Gasteiger partial charge is 0.298 e. The zero-order valence-electron chi connectivity index (χ0n) is 10.1. The average molecular weight is 249 g/mol. The summed E-state index contributed by atoms with van der Waals surface area (Å²) >= 11 is 0. The van der Waals surface area contributed by atoms with E-state index in [9.17, 15) is 4.79 Å². The SMILES string of the molecule is O=Cc1cccc(-c2cn[nH]c2-c2cccnc2)c1. The van der Waals surface area contributed by atoms with E-state index < -0.39 is 0 Å². The molecule has 0 aliphatic carbocycles. The summed E-state index contributed by atoms with van der Waals surface area (Å²) < 4.78 is 0. The normalized spacial score (nSPS) is 10.3. The summed E-state index contributed by atoms with van der Waals surface area (Å²) in [6.07, 6.45) is 6.10. The molecule has 3 rings (SSSR count). The minimum atomic E-state index is 0.649. The number of aldehydes is 1. The number of benzene rings is 1. The molecule has 0 atom stereocenters. The van der Waals surface area contributed by atoms with E-state index in [2.05, 4.69) is 15.2 Å². The van der Waals surface area contributed by atoms with Gasteiger partial charge in [-0.25, -0.2) is 0 Å². The average Bonchev–Trinajstić information content (AvgIpc) is 2.98. The van der Waals surface area contributed by atoms with Crippen LogP contribution >= 0.6 is 0 Å². The Balaban J connectivity index is 2.12. The first-order valence-corrected chi connectivity index (χ1v) is 5.88. The molecule has 0 unspecified atom stereocenters. The monoisotopic (exact) mass is 249 g/mol. The molecule has 0 saturated carbocycles. The second kappa shape index (κ2) is 4.86. The van der Waals surface area contributed by atoms with E-state index in [1.54, 1.807) is 24.7 Å². The number of nitrogens with one attached hydrogen (secondary N) is 1. The number of hydrogen-bond acceptors (Lipinski definition) is 3. The summed E-state index contributed by atoms with van der Waals surface area (Å²) in [6, 6.07) is 11.3. The summed E-state index contributed by atoms with van der Waals surface area (Å²) in [6.45, 7) is 0. The lowest BCUT2D eigenvalue weighted by Crippen LogP contribution is -1.85. The van der Waals surface area contributed by atoms with E-state index in [-0.39, 0.29) is 0 Å². The van der Waals surface area contributed by atoms with Gasteiger partial charge in [-0.1, -0.05) is 18.2 Å². The topological polar surface area (TPSA) is 58.6 Å². The minimum Gasteiger partial charge on any atom is -0.298 e. The van der Waals surface area contributed by atoms with Crippen LogP contribution in [0.4, 0.5) is 0 Å². The van der Waals surface area contributed by atoms with Gasteiger partial charge in [0.1, 0.15) is 6.29 Å². The highest BCUT2D eigenvalue weighted by atomic mass is 16.1. The molecule has 0 bridgehead atoms. The Labute approximate surface area is 110 Å². The predicted molar refractivity (Wildman–Crippen MR) is 72.6 cm³/mol. The lowest BCUT2D eigenvalue weighted by atomic mass is 10.0. The van der Waals surface area contributed by atoms with Crippen LogP contribution in [0.3, 0.4) is 0 Å². The van der Waals surface area contributed by atoms with E-state index >= 15 is 0 Å². The Hall–Kier alpha value is -2.75. The molecule has 0 radical (unpaired) electrons. The van der Waals surface area contributed by atoms with Gasteiger partial charge < -0.3 is 0 Å². The Morgan fingerprint density at radius 2 is 1.95 bits per heavy atom. The van der Waals surface area contributed by atoms with Gasteiger partial charge in [0.15, 0.2) is 0 Å². The first-order chi connectivity index (χ1) is 9.38. The van der Waals surface area contributed by atoms with Crippen molar-refractivity contribution < 1.29 is 4.79 Å². The number of rotatable bonds is 3. The van der Waals surface area contributed by atoms with E-state index in [0.29, 0.717) is 5.56 Å². The lowest BCUT2D eigenvalue weighted by Gasteiger charge is -2.03. The van der Waals surface area contributed by atoms with Crippen LogP contribution in [0.25, 0.3) is 22.4 Å². The molecule has 0 amide bonds. The van der Waals surface area contributed by atoms with E-state index in [1.807, 2.05) is 30.3 Å². The number of carbonyl (C=O) groups is 1. The van der Waals surface area contributed by atoms with Gasteiger partial charge in [-0.15, -0.1) is 0 Å². The van der Waals surface area contributed by atoms with Crippen molar-refractivity contribution in [1.29, 1.82) is 0 Å². The zero-order chi connectivity index (χ0) is 13.1. The van der Waals surface area contributed by atoms with Crippen LogP contribution in [0.15, 0.2) is 55.0 Å². The van der Waals surface area contributed by atoms with Crippen LogP contribution in [-0.2, 0) is 0 Å². The van der Waals surface area contributed by atoms with Crippen LogP contribution in [0.5, 0.6) is 0 Å². The summed E-state index contributed by atoms with van der Waals surface area (Å²) in [5.74, 6) is 0. The minimum absolute atomic E-state index is 0.649. The van der Waals surface area contributed by atoms with Crippen LogP contribution in [0.2, 0.25) is 0 Å². The molecule has 4 nitrogen and oxygen atoms in total. The smallest absolute Gasteiger partial charge is 0.150 e. The Bertz CT molecular complexity index is 704. The molecule has 1 N–H and O–H groups in total. The number of carbonyl (C=O) groups excluding carboxylic acids is 1. The first kappa shape index (κ1) is 11.3. The molecule has 2 heterocycles. The third-order valence-corrected chi connectivity index (χ3v) is 2.92. The summed E-state index contributed by atoms with van der Waals surface area (Å²) in [7, 11) is 0. The molecule has 2 aromatic heterocycles. The molecule has 0 spiro atoms. The quantitative estimate of drug-likeness (QED) is 0.726. The first-order valence-electron chi connectivity index (χ1n) is 5.88. The van der Waals surface area contributed by atoms with Crippen LogP contribution < -0.4 is 0 Å². The summed E-state index contributed by atoms with van der Waals surface area (Å²) in [4.78, 5) is 15.0. The lowest BCUT2D eigenvalue weighted by molar-refractivity contribution is 0.112. The van der Waals surface area contributed by atoms with Crippen molar-refractivity contribution in [3.8, 4) is 22.4 Å². The number of aromatic nitrogens is 3. The molecule has 0 saturated heterocycles. The highest BCUT2D eigenvalue weighted by Crippen LogP contribution is 2.29.